The van der Waals surface area contributed by atoms with Crippen LogP contribution in [0.4, 0.5) is 0 Å². The molecule has 1 aliphatic heterocycles. The predicted octanol–water partition coefficient (Wildman–Crippen LogP) is 3.38. The lowest BCUT2D eigenvalue weighted by Crippen LogP contribution is -2.52. The molecule has 0 aromatic heterocycles. The van der Waals surface area contributed by atoms with E-state index in [4.69, 9.17) is 0 Å². The molecule has 0 aliphatic carbocycles. The number of amides is 1. The van der Waals surface area contributed by atoms with Crippen molar-refractivity contribution in [1.82, 2.24) is 10.6 Å². The van der Waals surface area contributed by atoms with Gasteiger partial charge in [-0.25, -0.2) is 0 Å². The normalized spacial score (nSPS) is 21.1. The Morgan fingerprint density at radius 1 is 1.33 bits per heavy atom. The first-order valence-electron chi connectivity index (χ1n) is 7.69. The van der Waals surface area contributed by atoms with Gasteiger partial charge in [-0.3, -0.25) is 4.79 Å². The second-order valence-electron chi connectivity index (χ2n) is 6.04. The molecular weight excluding hydrogens is 284 g/mol. The molecule has 1 aromatic carbocycles. The Labute approximate surface area is 134 Å². The van der Waals surface area contributed by atoms with E-state index in [1.54, 1.807) is 0 Å². The fraction of sp³-hybridized carbons (Fsp3) is 0.588. The Kier molecular flexibility index (Phi) is 6.69. The van der Waals surface area contributed by atoms with Crippen molar-refractivity contribution in [3.8, 4) is 0 Å². The van der Waals surface area contributed by atoms with Crippen molar-refractivity contribution in [2.45, 2.75) is 58.0 Å². The Balaban J connectivity index is 0.00000220. The number of carbonyl (C=O) groups is 1. The van der Waals surface area contributed by atoms with Gasteiger partial charge in [-0.15, -0.1) is 12.4 Å². The molecule has 1 heterocycles. The maximum atomic E-state index is 12.4. The number of halogens is 1. The molecule has 0 saturated carbocycles. The van der Waals surface area contributed by atoms with Crippen molar-refractivity contribution < 1.29 is 4.79 Å². The number of hydrogen-bond acceptors (Lipinski definition) is 2. The summed E-state index contributed by atoms with van der Waals surface area (Å²) in [6, 6.07) is 8.51. The van der Waals surface area contributed by atoms with Crippen LogP contribution in [-0.4, -0.2) is 18.0 Å². The second kappa shape index (κ2) is 7.81. The van der Waals surface area contributed by atoms with Crippen LogP contribution in [-0.2, 0) is 11.3 Å². The first-order valence-corrected chi connectivity index (χ1v) is 7.69. The summed E-state index contributed by atoms with van der Waals surface area (Å²) in [5.74, 6) is 0.690. The number of hydrogen-bond donors (Lipinski definition) is 2. The van der Waals surface area contributed by atoms with Gasteiger partial charge in [-0.2, -0.15) is 0 Å². The maximum Gasteiger partial charge on any atom is 0.240 e. The quantitative estimate of drug-likeness (QED) is 0.875. The summed E-state index contributed by atoms with van der Waals surface area (Å²) < 4.78 is 0. The molecule has 1 aliphatic rings. The SMILES string of the molecule is CCC1(C(=O)NCc2ccc(C(C)C)cc2)CCCN1.Cl. The van der Waals surface area contributed by atoms with Crippen LogP contribution in [0.5, 0.6) is 0 Å². The standard InChI is InChI=1S/C17H26N2O.ClH/c1-4-17(10-5-11-19-17)16(20)18-12-14-6-8-15(9-7-14)13(2)3;/h6-9,13,19H,4-5,10-12H2,1-3H3,(H,18,20);1H. The van der Waals surface area contributed by atoms with Gasteiger partial charge in [0.1, 0.15) is 0 Å². The third-order valence-electron chi connectivity index (χ3n) is 4.38. The van der Waals surface area contributed by atoms with E-state index in [1.807, 2.05) is 0 Å². The van der Waals surface area contributed by atoms with Crippen molar-refractivity contribution in [3.63, 3.8) is 0 Å². The monoisotopic (exact) mass is 310 g/mol. The predicted molar refractivity (Wildman–Crippen MR) is 89.9 cm³/mol. The smallest absolute Gasteiger partial charge is 0.240 e. The summed E-state index contributed by atoms with van der Waals surface area (Å²) in [7, 11) is 0. The van der Waals surface area contributed by atoms with Gasteiger partial charge in [0.25, 0.3) is 0 Å². The minimum atomic E-state index is -0.335. The van der Waals surface area contributed by atoms with Gasteiger partial charge in [-0.1, -0.05) is 45.0 Å². The molecule has 2 N–H and O–H groups in total. The van der Waals surface area contributed by atoms with Crippen LogP contribution in [0.1, 0.15) is 57.1 Å². The van der Waals surface area contributed by atoms with Crippen LogP contribution >= 0.6 is 12.4 Å². The van der Waals surface area contributed by atoms with E-state index in [-0.39, 0.29) is 23.9 Å². The van der Waals surface area contributed by atoms with E-state index >= 15 is 0 Å². The lowest BCUT2D eigenvalue weighted by Gasteiger charge is -2.26. The minimum absolute atomic E-state index is 0. The Hall–Kier alpha value is -1.06. The fourth-order valence-electron chi connectivity index (χ4n) is 2.83. The van der Waals surface area contributed by atoms with Gasteiger partial charge in [-0.05, 0) is 42.9 Å². The number of benzene rings is 1. The Morgan fingerprint density at radius 2 is 2.00 bits per heavy atom. The zero-order valence-electron chi connectivity index (χ0n) is 13.2. The highest BCUT2D eigenvalue weighted by Gasteiger charge is 2.38. The van der Waals surface area contributed by atoms with E-state index in [0.29, 0.717) is 12.5 Å². The summed E-state index contributed by atoms with van der Waals surface area (Å²) in [5.41, 5.74) is 2.16. The Bertz CT molecular complexity index is 450. The van der Waals surface area contributed by atoms with Gasteiger partial charge in [0.2, 0.25) is 5.91 Å². The molecule has 1 unspecified atom stereocenters. The van der Waals surface area contributed by atoms with E-state index in [2.05, 4.69) is 55.7 Å². The lowest BCUT2D eigenvalue weighted by atomic mass is 9.93. The summed E-state index contributed by atoms with van der Waals surface area (Å²) in [5, 5.41) is 6.45. The minimum Gasteiger partial charge on any atom is -0.350 e. The van der Waals surface area contributed by atoms with Gasteiger partial charge in [0, 0.05) is 6.54 Å². The van der Waals surface area contributed by atoms with E-state index < -0.39 is 0 Å². The molecular formula is C17H27ClN2O. The molecule has 4 heteroatoms. The molecule has 0 bridgehead atoms. The second-order valence-corrected chi connectivity index (χ2v) is 6.04. The molecule has 1 atom stereocenters. The maximum absolute atomic E-state index is 12.4. The lowest BCUT2D eigenvalue weighted by molar-refractivity contribution is -0.127. The van der Waals surface area contributed by atoms with Crippen LogP contribution in [0, 0.1) is 0 Å². The molecule has 1 amide bonds. The van der Waals surface area contributed by atoms with Gasteiger partial charge in [0.05, 0.1) is 5.54 Å². The van der Waals surface area contributed by atoms with Crippen molar-refractivity contribution in [2.75, 3.05) is 6.54 Å². The number of carbonyl (C=O) groups excluding carboxylic acids is 1. The number of nitrogens with one attached hydrogen (secondary N) is 2. The third kappa shape index (κ3) is 4.21. The molecule has 1 fully saturated rings. The van der Waals surface area contributed by atoms with E-state index in [9.17, 15) is 4.79 Å². The van der Waals surface area contributed by atoms with Crippen LogP contribution in [0.3, 0.4) is 0 Å². The molecule has 21 heavy (non-hydrogen) atoms. The highest BCUT2D eigenvalue weighted by atomic mass is 35.5. The van der Waals surface area contributed by atoms with E-state index in [1.165, 1.54) is 5.56 Å². The summed E-state index contributed by atoms with van der Waals surface area (Å²) in [6.45, 7) is 8.02. The Morgan fingerprint density at radius 3 is 2.48 bits per heavy atom. The van der Waals surface area contributed by atoms with Crippen LogP contribution in [0.2, 0.25) is 0 Å². The first-order chi connectivity index (χ1) is 9.57. The molecule has 2 rings (SSSR count). The highest BCUT2D eigenvalue weighted by molar-refractivity contribution is 5.86. The summed E-state index contributed by atoms with van der Waals surface area (Å²) in [6.07, 6.45) is 2.89. The first kappa shape index (κ1) is 18.0. The largest absolute Gasteiger partial charge is 0.350 e. The summed E-state index contributed by atoms with van der Waals surface area (Å²) >= 11 is 0. The zero-order chi connectivity index (χ0) is 14.6. The summed E-state index contributed by atoms with van der Waals surface area (Å²) in [4.78, 5) is 12.4. The van der Waals surface area contributed by atoms with Crippen molar-refractivity contribution in [2.24, 2.45) is 0 Å². The highest BCUT2D eigenvalue weighted by Crippen LogP contribution is 2.23. The molecule has 3 nitrogen and oxygen atoms in total. The van der Waals surface area contributed by atoms with Crippen LogP contribution in [0.15, 0.2) is 24.3 Å². The van der Waals surface area contributed by atoms with E-state index in [0.717, 1.165) is 31.4 Å². The fourth-order valence-corrected chi connectivity index (χ4v) is 2.83. The number of rotatable bonds is 5. The van der Waals surface area contributed by atoms with Crippen molar-refractivity contribution in [3.05, 3.63) is 35.4 Å². The molecule has 0 radical (unpaired) electrons. The zero-order valence-corrected chi connectivity index (χ0v) is 14.1. The average molecular weight is 311 g/mol. The molecule has 0 spiro atoms. The molecule has 118 valence electrons. The van der Waals surface area contributed by atoms with Crippen molar-refractivity contribution >= 4 is 18.3 Å². The molecule has 1 saturated heterocycles. The topological polar surface area (TPSA) is 41.1 Å². The van der Waals surface area contributed by atoms with Crippen molar-refractivity contribution in [1.29, 1.82) is 0 Å². The van der Waals surface area contributed by atoms with Gasteiger partial charge < -0.3 is 10.6 Å². The average Bonchev–Trinajstić information content (AvgIpc) is 2.95. The van der Waals surface area contributed by atoms with Gasteiger partial charge >= 0.3 is 0 Å². The molecule has 1 aromatic rings. The van der Waals surface area contributed by atoms with Crippen LogP contribution < -0.4 is 10.6 Å². The van der Waals surface area contributed by atoms with Crippen LogP contribution in [0.25, 0.3) is 0 Å². The third-order valence-corrected chi connectivity index (χ3v) is 4.38. The van der Waals surface area contributed by atoms with Gasteiger partial charge in [0.15, 0.2) is 0 Å².